The third-order valence-corrected chi connectivity index (χ3v) is 4.84. The van der Waals surface area contributed by atoms with Crippen molar-refractivity contribution in [2.75, 3.05) is 25.2 Å². The normalized spacial score (nSPS) is 14.2. The largest absolute Gasteiger partial charge is 0.486 e. The van der Waals surface area contributed by atoms with Crippen LogP contribution in [-0.4, -0.2) is 41.3 Å². The van der Waals surface area contributed by atoms with Crippen molar-refractivity contribution in [3.05, 3.63) is 29.7 Å². The van der Waals surface area contributed by atoms with Crippen LogP contribution in [0.5, 0.6) is 11.5 Å². The highest BCUT2D eigenvalue weighted by Crippen LogP contribution is 2.32. The van der Waals surface area contributed by atoms with Crippen molar-refractivity contribution in [3.63, 3.8) is 0 Å². The Labute approximate surface area is 154 Å². The fourth-order valence-electron chi connectivity index (χ4n) is 2.30. The van der Waals surface area contributed by atoms with E-state index >= 15 is 0 Å². The Morgan fingerprint density at radius 1 is 1.28 bits per heavy atom. The molecule has 7 nitrogen and oxygen atoms in total. The lowest BCUT2D eigenvalue weighted by Gasteiger charge is -2.21. The van der Waals surface area contributed by atoms with Crippen LogP contribution < -0.4 is 14.8 Å². The van der Waals surface area contributed by atoms with Crippen LogP contribution in [0.1, 0.15) is 24.4 Å². The van der Waals surface area contributed by atoms with E-state index in [0.717, 1.165) is 11.3 Å². The second-order valence-electron chi connectivity index (χ2n) is 5.38. The Hall–Kier alpha value is -1.87. The van der Waals surface area contributed by atoms with Gasteiger partial charge in [-0.05, 0) is 30.9 Å². The summed E-state index contributed by atoms with van der Waals surface area (Å²) in [4.78, 5) is 12.1. The van der Waals surface area contributed by atoms with Crippen LogP contribution in [0.25, 0.3) is 0 Å². The SMILES string of the molecule is CSCc1nnc(SCC(=O)NC(C)c2ccc3c(c2)OCCO3)o1. The smallest absolute Gasteiger partial charge is 0.277 e. The van der Waals surface area contributed by atoms with E-state index in [-0.39, 0.29) is 17.7 Å². The maximum Gasteiger partial charge on any atom is 0.277 e. The van der Waals surface area contributed by atoms with E-state index in [2.05, 4.69) is 15.5 Å². The zero-order valence-corrected chi connectivity index (χ0v) is 15.6. The molecule has 1 aromatic carbocycles. The van der Waals surface area contributed by atoms with Crippen molar-refractivity contribution in [2.45, 2.75) is 23.9 Å². The van der Waals surface area contributed by atoms with Crippen molar-refractivity contribution < 1.29 is 18.7 Å². The van der Waals surface area contributed by atoms with E-state index in [0.29, 0.717) is 35.8 Å². The number of carbonyl (C=O) groups is 1. The molecule has 2 heterocycles. The van der Waals surface area contributed by atoms with Gasteiger partial charge in [-0.1, -0.05) is 17.8 Å². The van der Waals surface area contributed by atoms with E-state index in [1.807, 2.05) is 31.4 Å². The molecule has 2 aromatic rings. The highest BCUT2D eigenvalue weighted by atomic mass is 32.2. The van der Waals surface area contributed by atoms with Crippen molar-refractivity contribution in [1.29, 1.82) is 0 Å². The molecule has 134 valence electrons. The summed E-state index contributed by atoms with van der Waals surface area (Å²) in [6.07, 6.45) is 1.96. The summed E-state index contributed by atoms with van der Waals surface area (Å²) in [7, 11) is 0. The topological polar surface area (TPSA) is 86.5 Å². The van der Waals surface area contributed by atoms with Gasteiger partial charge in [0, 0.05) is 0 Å². The molecule has 1 atom stereocenters. The van der Waals surface area contributed by atoms with Gasteiger partial charge in [-0.3, -0.25) is 4.79 Å². The first kappa shape index (κ1) is 17.9. The van der Waals surface area contributed by atoms with Gasteiger partial charge in [-0.2, -0.15) is 11.8 Å². The molecule has 0 aliphatic carbocycles. The number of hydrogen-bond acceptors (Lipinski definition) is 8. The predicted molar refractivity (Wildman–Crippen MR) is 96.2 cm³/mol. The lowest BCUT2D eigenvalue weighted by Crippen LogP contribution is -2.28. The van der Waals surface area contributed by atoms with Gasteiger partial charge >= 0.3 is 0 Å². The van der Waals surface area contributed by atoms with Crippen molar-refractivity contribution in [3.8, 4) is 11.5 Å². The first-order valence-electron chi connectivity index (χ1n) is 7.78. The Kier molecular flexibility index (Phi) is 6.09. The summed E-state index contributed by atoms with van der Waals surface area (Å²) in [5.41, 5.74) is 0.961. The lowest BCUT2D eigenvalue weighted by molar-refractivity contribution is -0.119. The van der Waals surface area contributed by atoms with Crippen LogP contribution in [0.4, 0.5) is 0 Å². The van der Waals surface area contributed by atoms with Crippen molar-refractivity contribution in [2.24, 2.45) is 0 Å². The van der Waals surface area contributed by atoms with Crippen molar-refractivity contribution in [1.82, 2.24) is 15.5 Å². The summed E-state index contributed by atoms with van der Waals surface area (Å²) in [5.74, 6) is 2.81. The number of amides is 1. The molecule has 0 radical (unpaired) electrons. The van der Waals surface area contributed by atoms with Crippen LogP contribution in [0.2, 0.25) is 0 Å². The van der Waals surface area contributed by atoms with Crippen LogP contribution in [-0.2, 0) is 10.5 Å². The van der Waals surface area contributed by atoms with Gasteiger partial charge in [0.15, 0.2) is 11.5 Å². The number of fused-ring (bicyclic) bond motifs is 1. The minimum absolute atomic E-state index is 0.1000. The number of rotatable bonds is 7. The number of nitrogens with zero attached hydrogens (tertiary/aromatic N) is 2. The molecule has 0 saturated heterocycles. The molecule has 1 amide bonds. The number of thioether (sulfide) groups is 2. The molecule has 9 heteroatoms. The number of ether oxygens (including phenoxy) is 2. The van der Waals surface area contributed by atoms with E-state index in [1.54, 1.807) is 11.8 Å². The van der Waals surface area contributed by atoms with Gasteiger partial charge in [-0.15, -0.1) is 10.2 Å². The first-order chi connectivity index (χ1) is 12.2. The number of benzene rings is 1. The van der Waals surface area contributed by atoms with Gasteiger partial charge in [0.1, 0.15) is 13.2 Å². The van der Waals surface area contributed by atoms with Gasteiger partial charge in [-0.25, -0.2) is 0 Å². The molecule has 1 N–H and O–H groups in total. The fraction of sp³-hybridized carbons (Fsp3) is 0.438. The van der Waals surface area contributed by atoms with E-state index < -0.39 is 0 Å². The molecule has 1 aliphatic heterocycles. The van der Waals surface area contributed by atoms with E-state index in [1.165, 1.54) is 11.8 Å². The Bertz CT molecular complexity index is 738. The van der Waals surface area contributed by atoms with Crippen LogP contribution in [0.15, 0.2) is 27.8 Å². The number of hydrogen-bond donors (Lipinski definition) is 1. The van der Waals surface area contributed by atoms with Gasteiger partial charge in [0.25, 0.3) is 5.22 Å². The summed E-state index contributed by atoms with van der Waals surface area (Å²) >= 11 is 2.83. The molecule has 0 saturated carbocycles. The Morgan fingerprint density at radius 2 is 2.08 bits per heavy atom. The zero-order valence-electron chi connectivity index (χ0n) is 14.0. The zero-order chi connectivity index (χ0) is 17.6. The second kappa shape index (κ2) is 8.48. The van der Waals surface area contributed by atoms with Gasteiger partial charge in [0.2, 0.25) is 11.8 Å². The summed E-state index contributed by atoms with van der Waals surface area (Å²) in [6, 6.07) is 5.56. The van der Waals surface area contributed by atoms with E-state index in [4.69, 9.17) is 13.9 Å². The third-order valence-electron chi connectivity index (χ3n) is 3.49. The molecule has 0 spiro atoms. The second-order valence-corrected chi connectivity index (χ2v) is 7.17. The molecule has 25 heavy (non-hydrogen) atoms. The lowest BCUT2D eigenvalue weighted by atomic mass is 10.1. The molecule has 0 bridgehead atoms. The number of nitrogens with one attached hydrogen (secondary N) is 1. The molecule has 1 aliphatic rings. The highest BCUT2D eigenvalue weighted by molar-refractivity contribution is 7.99. The Balaban J connectivity index is 1.51. The molecule has 3 rings (SSSR count). The predicted octanol–water partition coefficient (Wildman–Crippen LogP) is 2.67. The highest BCUT2D eigenvalue weighted by Gasteiger charge is 2.16. The summed E-state index contributed by atoms with van der Waals surface area (Å²) in [5, 5.41) is 11.2. The first-order valence-corrected chi connectivity index (χ1v) is 10.2. The monoisotopic (exact) mass is 381 g/mol. The van der Waals surface area contributed by atoms with Gasteiger partial charge in [0.05, 0.1) is 17.5 Å². The van der Waals surface area contributed by atoms with Crippen LogP contribution >= 0.6 is 23.5 Å². The Morgan fingerprint density at radius 3 is 2.88 bits per heavy atom. The standard InChI is InChI=1S/C16H19N3O4S2/c1-10(11-3-4-12-13(7-11)22-6-5-21-12)17-14(20)8-25-16-19-18-15(23-16)9-24-2/h3-4,7,10H,5-6,8-9H2,1-2H3,(H,17,20). The average Bonchev–Trinajstić information content (AvgIpc) is 3.07. The van der Waals surface area contributed by atoms with Crippen LogP contribution in [0.3, 0.4) is 0 Å². The summed E-state index contributed by atoms with van der Waals surface area (Å²) < 4.78 is 16.5. The summed E-state index contributed by atoms with van der Waals surface area (Å²) in [6.45, 7) is 3.03. The van der Waals surface area contributed by atoms with Crippen molar-refractivity contribution >= 4 is 29.4 Å². The van der Waals surface area contributed by atoms with Gasteiger partial charge < -0.3 is 19.2 Å². The average molecular weight is 381 g/mol. The molecule has 1 unspecified atom stereocenters. The number of carbonyl (C=O) groups excluding carboxylic acids is 1. The quantitative estimate of drug-likeness (QED) is 0.733. The minimum Gasteiger partial charge on any atom is -0.486 e. The molecular weight excluding hydrogens is 362 g/mol. The third kappa shape index (κ3) is 4.82. The molecular formula is C16H19N3O4S2. The van der Waals surface area contributed by atoms with E-state index in [9.17, 15) is 4.79 Å². The molecule has 1 aromatic heterocycles. The minimum atomic E-state index is -0.140. The fourth-order valence-corrected chi connectivity index (χ4v) is 3.26. The number of aromatic nitrogens is 2. The maximum atomic E-state index is 12.1. The molecule has 0 fully saturated rings. The maximum absolute atomic E-state index is 12.1. The van der Waals surface area contributed by atoms with Crippen LogP contribution in [0, 0.1) is 0 Å².